The summed E-state index contributed by atoms with van der Waals surface area (Å²) in [7, 11) is 0. The van der Waals surface area contributed by atoms with Crippen molar-refractivity contribution < 1.29 is 13.6 Å². The molecular formula is C20H18F2N4O. The number of amides is 1. The van der Waals surface area contributed by atoms with Gasteiger partial charge in [0.05, 0.1) is 12.4 Å². The molecule has 0 unspecified atom stereocenters. The van der Waals surface area contributed by atoms with Crippen LogP contribution in [0.3, 0.4) is 0 Å². The Kier molecular flexibility index (Phi) is 5.71. The van der Waals surface area contributed by atoms with Crippen molar-refractivity contribution in [1.29, 1.82) is 0 Å². The van der Waals surface area contributed by atoms with Crippen LogP contribution in [0.15, 0.2) is 60.9 Å². The quantitative estimate of drug-likeness (QED) is 0.710. The van der Waals surface area contributed by atoms with Gasteiger partial charge in [-0.1, -0.05) is 36.4 Å². The van der Waals surface area contributed by atoms with E-state index in [2.05, 4.69) is 15.3 Å². The number of halogens is 2. The Morgan fingerprint density at radius 2 is 1.70 bits per heavy atom. The molecule has 0 saturated carbocycles. The molecule has 0 bridgehead atoms. The summed E-state index contributed by atoms with van der Waals surface area (Å²) in [6, 6.07) is 13.2. The second-order valence-electron chi connectivity index (χ2n) is 5.81. The van der Waals surface area contributed by atoms with Crippen LogP contribution in [0.5, 0.6) is 0 Å². The maximum atomic E-state index is 13.7. The summed E-state index contributed by atoms with van der Waals surface area (Å²) in [5.74, 6) is -1.60. The minimum absolute atomic E-state index is 0.140. The predicted molar refractivity (Wildman–Crippen MR) is 98.5 cm³/mol. The summed E-state index contributed by atoms with van der Waals surface area (Å²) >= 11 is 0. The number of aromatic nitrogens is 2. The van der Waals surface area contributed by atoms with Crippen LogP contribution in [0.2, 0.25) is 0 Å². The Labute approximate surface area is 155 Å². The number of carbonyl (C=O) groups excluding carboxylic acids is 1. The second-order valence-corrected chi connectivity index (χ2v) is 5.81. The fourth-order valence-corrected chi connectivity index (χ4v) is 2.54. The molecule has 27 heavy (non-hydrogen) atoms. The molecule has 0 radical (unpaired) electrons. The molecular weight excluding hydrogens is 350 g/mol. The third-order valence-corrected chi connectivity index (χ3v) is 3.97. The molecule has 3 aromatic rings. The van der Waals surface area contributed by atoms with E-state index in [1.165, 1.54) is 18.5 Å². The molecule has 1 amide bonds. The monoisotopic (exact) mass is 368 g/mol. The Bertz CT molecular complexity index is 897. The lowest BCUT2D eigenvalue weighted by atomic mass is 10.2. The summed E-state index contributed by atoms with van der Waals surface area (Å²) < 4.78 is 27.4. The number of anilines is 2. The average molecular weight is 368 g/mol. The molecule has 0 saturated heterocycles. The smallest absolute Gasteiger partial charge is 0.274 e. The molecule has 0 aliphatic rings. The van der Waals surface area contributed by atoms with Crippen LogP contribution in [0.1, 0.15) is 23.0 Å². The lowest BCUT2D eigenvalue weighted by Gasteiger charge is -2.20. The van der Waals surface area contributed by atoms with E-state index < -0.39 is 11.6 Å². The average Bonchev–Trinajstić information content (AvgIpc) is 2.70. The Morgan fingerprint density at radius 1 is 1.00 bits per heavy atom. The standard InChI is InChI=1S/C20H18F2N4O/c1-2-26(13-14-7-4-3-5-8-14)20(27)17-11-24-18(12-23-17)25-19-15(21)9-6-10-16(19)22/h3-12H,2,13H2,1H3,(H,24,25). The van der Waals surface area contributed by atoms with Crippen molar-refractivity contribution in [3.8, 4) is 0 Å². The van der Waals surface area contributed by atoms with E-state index in [1.54, 1.807) is 4.90 Å². The first-order chi connectivity index (χ1) is 13.1. The minimum atomic E-state index is -0.739. The first-order valence-electron chi connectivity index (χ1n) is 8.44. The number of benzene rings is 2. The van der Waals surface area contributed by atoms with Crippen LogP contribution in [0, 0.1) is 11.6 Å². The maximum Gasteiger partial charge on any atom is 0.274 e. The van der Waals surface area contributed by atoms with E-state index in [9.17, 15) is 13.6 Å². The van der Waals surface area contributed by atoms with Gasteiger partial charge >= 0.3 is 0 Å². The zero-order valence-corrected chi connectivity index (χ0v) is 14.7. The lowest BCUT2D eigenvalue weighted by Crippen LogP contribution is -2.31. The molecule has 0 aliphatic carbocycles. The number of rotatable bonds is 6. The Hall–Kier alpha value is -3.35. The SMILES string of the molecule is CCN(Cc1ccccc1)C(=O)c1cnc(Nc2c(F)cccc2F)cn1. The highest BCUT2D eigenvalue weighted by Crippen LogP contribution is 2.21. The molecule has 0 aliphatic heterocycles. The van der Waals surface area contributed by atoms with Gasteiger partial charge in [-0.15, -0.1) is 0 Å². The fourth-order valence-electron chi connectivity index (χ4n) is 2.54. The highest BCUT2D eigenvalue weighted by Gasteiger charge is 2.17. The first kappa shape index (κ1) is 18.4. The van der Waals surface area contributed by atoms with E-state index in [1.807, 2.05) is 37.3 Å². The summed E-state index contributed by atoms with van der Waals surface area (Å²) in [6.07, 6.45) is 2.56. The number of nitrogens with one attached hydrogen (secondary N) is 1. The van der Waals surface area contributed by atoms with E-state index in [0.29, 0.717) is 13.1 Å². The van der Waals surface area contributed by atoms with Crippen molar-refractivity contribution in [3.63, 3.8) is 0 Å². The Balaban J connectivity index is 1.73. The second kappa shape index (κ2) is 8.35. The third-order valence-electron chi connectivity index (χ3n) is 3.97. The Morgan fingerprint density at radius 3 is 2.30 bits per heavy atom. The molecule has 0 spiro atoms. The number of hydrogen-bond donors (Lipinski definition) is 1. The summed E-state index contributed by atoms with van der Waals surface area (Å²) in [5, 5.41) is 2.54. The van der Waals surface area contributed by atoms with Gasteiger partial charge in [0.15, 0.2) is 0 Å². The topological polar surface area (TPSA) is 58.1 Å². The van der Waals surface area contributed by atoms with Crippen molar-refractivity contribution in [2.45, 2.75) is 13.5 Å². The maximum absolute atomic E-state index is 13.7. The molecule has 1 heterocycles. The normalized spacial score (nSPS) is 10.5. The minimum Gasteiger partial charge on any atom is -0.334 e. The van der Waals surface area contributed by atoms with Crippen LogP contribution in [-0.4, -0.2) is 27.3 Å². The van der Waals surface area contributed by atoms with Crippen molar-refractivity contribution in [1.82, 2.24) is 14.9 Å². The van der Waals surface area contributed by atoms with Crippen molar-refractivity contribution >= 4 is 17.4 Å². The number of nitrogens with zero attached hydrogens (tertiary/aromatic N) is 3. The molecule has 5 nitrogen and oxygen atoms in total. The van der Waals surface area contributed by atoms with Crippen LogP contribution >= 0.6 is 0 Å². The van der Waals surface area contributed by atoms with Gasteiger partial charge in [0, 0.05) is 13.1 Å². The van der Waals surface area contributed by atoms with E-state index in [0.717, 1.165) is 17.7 Å². The van der Waals surface area contributed by atoms with Crippen LogP contribution < -0.4 is 5.32 Å². The van der Waals surface area contributed by atoms with Gasteiger partial charge in [-0.25, -0.2) is 18.7 Å². The van der Waals surface area contributed by atoms with E-state index in [4.69, 9.17) is 0 Å². The molecule has 2 aromatic carbocycles. The van der Waals surface area contributed by atoms with Crippen molar-refractivity contribution in [2.75, 3.05) is 11.9 Å². The highest BCUT2D eigenvalue weighted by atomic mass is 19.1. The fraction of sp³-hybridized carbons (Fsp3) is 0.150. The van der Waals surface area contributed by atoms with Gasteiger partial charge in [-0.2, -0.15) is 0 Å². The third kappa shape index (κ3) is 4.44. The predicted octanol–water partition coefficient (Wildman–Crippen LogP) is 4.16. The summed E-state index contributed by atoms with van der Waals surface area (Å²) in [6.45, 7) is 2.85. The summed E-state index contributed by atoms with van der Waals surface area (Å²) in [5.41, 5.74) is 0.853. The molecule has 1 N–H and O–H groups in total. The van der Waals surface area contributed by atoms with Crippen molar-refractivity contribution in [2.24, 2.45) is 0 Å². The molecule has 1 aromatic heterocycles. The highest BCUT2D eigenvalue weighted by molar-refractivity contribution is 5.92. The van der Waals surface area contributed by atoms with E-state index in [-0.39, 0.29) is 23.1 Å². The molecule has 3 rings (SSSR count). The van der Waals surface area contributed by atoms with E-state index >= 15 is 0 Å². The molecule has 7 heteroatoms. The number of hydrogen-bond acceptors (Lipinski definition) is 4. The zero-order valence-electron chi connectivity index (χ0n) is 14.7. The lowest BCUT2D eigenvalue weighted by molar-refractivity contribution is 0.0746. The van der Waals surface area contributed by atoms with Gasteiger partial charge in [-0.05, 0) is 24.6 Å². The van der Waals surface area contributed by atoms with Gasteiger partial charge in [0.1, 0.15) is 28.8 Å². The van der Waals surface area contributed by atoms with Gasteiger partial charge in [0.2, 0.25) is 0 Å². The molecule has 0 fully saturated rings. The zero-order chi connectivity index (χ0) is 19.2. The van der Waals surface area contributed by atoms with Crippen molar-refractivity contribution in [3.05, 3.63) is 83.8 Å². The van der Waals surface area contributed by atoms with Gasteiger partial charge < -0.3 is 10.2 Å². The summed E-state index contributed by atoms with van der Waals surface area (Å²) in [4.78, 5) is 22.4. The largest absolute Gasteiger partial charge is 0.334 e. The van der Waals surface area contributed by atoms with Crippen LogP contribution in [-0.2, 0) is 6.54 Å². The van der Waals surface area contributed by atoms with Gasteiger partial charge in [0.25, 0.3) is 5.91 Å². The number of para-hydroxylation sites is 1. The van der Waals surface area contributed by atoms with Crippen LogP contribution in [0.25, 0.3) is 0 Å². The van der Waals surface area contributed by atoms with Gasteiger partial charge in [-0.3, -0.25) is 4.79 Å². The number of carbonyl (C=O) groups is 1. The molecule has 138 valence electrons. The van der Waals surface area contributed by atoms with Crippen LogP contribution in [0.4, 0.5) is 20.3 Å². The first-order valence-corrected chi connectivity index (χ1v) is 8.44. The molecule has 0 atom stereocenters.